The second kappa shape index (κ2) is 10.6. The molecule has 0 aliphatic carbocycles. The van der Waals surface area contributed by atoms with E-state index in [0.717, 1.165) is 23.6 Å². The number of nitrogens with zero attached hydrogens (tertiary/aromatic N) is 4. The van der Waals surface area contributed by atoms with Crippen molar-refractivity contribution in [3.05, 3.63) is 53.1 Å². The fourth-order valence-corrected chi connectivity index (χ4v) is 4.66. The molecule has 3 heterocycles. The summed E-state index contributed by atoms with van der Waals surface area (Å²) >= 11 is 7.56. The van der Waals surface area contributed by atoms with Gasteiger partial charge in [0.1, 0.15) is 23.0 Å². The summed E-state index contributed by atoms with van der Waals surface area (Å²) in [5, 5.41) is 9.85. The normalized spacial score (nSPS) is 17.5. The number of nitrogens with one attached hydrogen (secondary N) is 1. The summed E-state index contributed by atoms with van der Waals surface area (Å²) < 4.78 is 22.4. The highest BCUT2D eigenvalue weighted by atomic mass is 35.5. The van der Waals surface area contributed by atoms with Gasteiger partial charge in [-0.3, -0.25) is 14.3 Å². The highest BCUT2D eigenvalue weighted by molar-refractivity contribution is 8.01. The van der Waals surface area contributed by atoms with Gasteiger partial charge in [0.2, 0.25) is 5.95 Å². The Balaban J connectivity index is 1.65. The van der Waals surface area contributed by atoms with Crippen molar-refractivity contribution in [2.45, 2.75) is 37.4 Å². The second-order valence-electron chi connectivity index (χ2n) is 7.90. The van der Waals surface area contributed by atoms with Gasteiger partial charge in [-0.15, -0.1) is 10.2 Å². The maximum absolute atomic E-state index is 5.99. The first-order valence-electron chi connectivity index (χ1n) is 10.8. The number of rotatable bonds is 9. The summed E-state index contributed by atoms with van der Waals surface area (Å²) in [6.45, 7) is 5.61. The van der Waals surface area contributed by atoms with Crippen molar-refractivity contribution in [1.82, 2.24) is 19.7 Å². The first-order chi connectivity index (χ1) is 16.0. The number of benzene rings is 1. The van der Waals surface area contributed by atoms with Crippen LogP contribution in [0.4, 0.5) is 5.95 Å². The Kier molecular flexibility index (Phi) is 7.62. The standard InChI is InChI=1S/C23H28ClN5O3S/c1-14(18-9-8-17(24)12-25-18)15(2)33-28-23-27-26-22(16-10-11-32-13-16)29(23)21-19(30-3)6-5-7-20(21)31-4/h5-9,12,14-16H,10-11,13H2,1-4H3,(H,27,28). The molecule has 1 aliphatic heterocycles. The highest BCUT2D eigenvalue weighted by Gasteiger charge is 2.29. The Morgan fingerprint density at radius 2 is 1.91 bits per heavy atom. The number of aromatic nitrogens is 4. The van der Waals surface area contributed by atoms with E-state index in [0.29, 0.717) is 35.7 Å². The lowest BCUT2D eigenvalue weighted by Crippen LogP contribution is -2.15. The van der Waals surface area contributed by atoms with Crippen LogP contribution in [0, 0.1) is 0 Å². The van der Waals surface area contributed by atoms with Crippen molar-refractivity contribution in [3.63, 3.8) is 0 Å². The first kappa shape index (κ1) is 23.7. The molecular formula is C23H28ClN5O3S. The van der Waals surface area contributed by atoms with E-state index in [1.165, 1.54) is 0 Å². The van der Waals surface area contributed by atoms with E-state index in [4.69, 9.17) is 25.8 Å². The second-order valence-corrected chi connectivity index (χ2v) is 9.52. The van der Waals surface area contributed by atoms with Crippen LogP contribution in [0.5, 0.6) is 11.5 Å². The van der Waals surface area contributed by atoms with E-state index in [-0.39, 0.29) is 17.1 Å². The molecule has 0 bridgehead atoms. The van der Waals surface area contributed by atoms with Crippen molar-refractivity contribution in [3.8, 4) is 17.2 Å². The number of halogens is 1. The molecule has 176 valence electrons. The fourth-order valence-electron chi connectivity index (χ4n) is 3.78. The Morgan fingerprint density at radius 1 is 1.15 bits per heavy atom. The van der Waals surface area contributed by atoms with Gasteiger partial charge < -0.3 is 14.2 Å². The highest BCUT2D eigenvalue weighted by Crippen LogP contribution is 2.39. The van der Waals surface area contributed by atoms with Crippen molar-refractivity contribution in [1.29, 1.82) is 0 Å². The predicted molar refractivity (Wildman–Crippen MR) is 131 cm³/mol. The topological polar surface area (TPSA) is 83.3 Å². The molecule has 1 aromatic carbocycles. The summed E-state index contributed by atoms with van der Waals surface area (Å²) in [5.41, 5.74) is 1.75. The van der Waals surface area contributed by atoms with Crippen LogP contribution in [-0.2, 0) is 4.74 Å². The lowest BCUT2D eigenvalue weighted by Gasteiger charge is -2.21. The van der Waals surface area contributed by atoms with Gasteiger partial charge in [-0.1, -0.05) is 31.5 Å². The van der Waals surface area contributed by atoms with Gasteiger partial charge in [0.25, 0.3) is 0 Å². The number of hydrogen-bond acceptors (Lipinski definition) is 8. The zero-order valence-corrected chi connectivity index (χ0v) is 20.7. The van der Waals surface area contributed by atoms with E-state index in [1.54, 1.807) is 32.4 Å². The van der Waals surface area contributed by atoms with E-state index < -0.39 is 0 Å². The monoisotopic (exact) mass is 489 g/mol. The van der Waals surface area contributed by atoms with Gasteiger partial charge in [0.15, 0.2) is 0 Å². The van der Waals surface area contributed by atoms with Crippen LogP contribution < -0.4 is 14.2 Å². The van der Waals surface area contributed by atoms with Gasteiger partial charge in [-0.2, -0.15) is 0 Å². The molecule has 8 nitrogen and oxygen atoms in total. The number of para-hydroxylation sites is 1. The zero-order chi connectivity index (χ0) is 23.4. The number of ether oxygens (including phenoxy) is 3. The molecule has 2 aromatic heterocycles. The summed E-state index contributed by atoms with van der Waals surface area (Å²) in [6.07, 6.45) is 2.57. The lowest BCUT2D eigenvalue weighted by molar-refractivity contribution is 0.193. The number of pyridine rings is 1. The molecule has 1 fully saturated rings. The van der Waals surface area contributed by atoms with E-state index >= 15 is 0 Å². The van der Waals surface area contributed by atoms with Gasteiger partial charge in [0, 0.05) is 35.6 Å². The molecule has 0 radical (unpaired) electrons. The average Bonchev–Trinajstić information content (AvgIpc) is 3.51. The van der Waals surface area contributed by atoms with Gasteiger partial charge in [-0.25, -0.2) is 0 Å². The van der Waals surface area contributed by atoms with Crippen molar-refractivity contribution in [2.24, 2.45) is 0 Å². The molecule has 10 heteroatoms. The SMILES string of the molecule is COc1cccc(OC)c1-n1c(NSC(C)C(C)c2ccc(Cl)cn2)nnc1C1CCOC1. The van der Waals surface area contributed by atoms with Crippen LogP contribution in [0.15, 0.2) is 36.5 Å². The molecule has 0 spiro atoms. The molecular weight excluding hydrogens is 462 g/mol. The van der Waals surface area contributed by atoms with E-state index in [2.05, 4.69) is 33.8 Å². The molecule has 3 aromatic rings. The Labute approximate surface area is 203 Å². The van der Waals surface area contributed by atoms with Gasteiger partial charge in [-0.05, 0) is 42.6 Å². The lowest BCUT2D eigenvalue weighted by atomic mass is 10.0. The summed E-state index contributed by atoms with van der Waals surface area (Å²) in [6, 6.07) is 9.53. The number of hydrogen-bond donors (Lipinski definition) is 1. The molecule has 1 aliphatic rings. The summed E-state index contributed by atoms with van der Waals surface area (Å²) in [4.78, 5) is 4.47. The van der Waals surface area contributed by atoms with E-state index in [9.17, 15) is 0 Å². The molecule has 4 rings (SSSR count). The van der Waals surface area contributed by atoms with Gasteiger partial charge >= 0.3 is 0 Å². The minimum atomic E-state index is 0.141. The number of methoxy groups -OCH3 is 2. The van der Waals surface area contributed by atoms with Crippen molar-refractivity contribution in [2.75, 3.05) is 32.2 Å². The Morgan fingerprint density at radius 3 is 2.52 bits per heavy atom. The van der Waals surface area contributed by atoms with Crippen LogP contribution in [0.2, 0.25) is 5.02 Å². The zero-order valence-electron chi connectivity index (χ0n) is 19.1. The summed E-state index contributed by atoms with van der Waals surface area (Å²) in [7, 11) is 3.29. The van der Waals surface area contributed by atoms with Crippen LogP contribution in [0.1, 0.15) is 43.6 Å². The molecule has 1 N–H and O–H groups in total. The molecule has 1 saturated heterocycles. The fraction of sp³-hybridized carbons (Fsp3) is 0.435. The maximum atomic E-state index is 5.99. The molecule has 3 unspecified atom stereocenters. The Hall–Kier alpha value is -2.49. The van der Waals surface area contributed by atoms with Crippen LogP contribution in [0.3, 0.4) is 0 Å². The maximum Gasteiger partial charge on any atom is 0.239 e. The Bertz CT molecular complexity index is 1050. The van der Waals surface area contributed by atoms with Gasteiger partial charge in [0.05, 0.1) is 25.8 Å². The molecule has 0 amide bonds. The third kappa shape index (κ3) is 5.05. The van der Waals surface area contributed by atoms with Crippen LogP contribution in [0.25, 0.3) is 5.69 Å². The minimum Gasteiger partial charge on any atom is -0.494 e. The quantitative estimate of drug-likeness (QED) is 0.416. The molecule has 33 heavy (non-hydrogen) atoms. The van der Waals surface area contributed by atoms with Crippen LogP contribution in [-0.4, -0.2) is 52.4 Å². The summed E-state index contributed by atoms with van der Waals surface area (Å²) in [5.74, 6) is 3.11. The molecule has 3 atom stereocenters. The first-order valence-corrected chi connectivity index (χ1v) is 12.1. The minimum absolute atomic E-state index is 0.141. The average molecular weight is 490 g/mol. The molecule has 0 saturated carbocycles. The third-order valence-corrected chi connectivity index (χ3v) is 7.17. The van der Waals surface area contributed by atoms with Crippen molar-refractivity contribution >= 4 is 29.5 Å². The van der Waals surface area contributed by atoms with Crippen molar-refractivity contribution < 1.29 is 14.2 Å². The van der Waals surface area contributed by atoms with E-state index in [1.807, 2.05) is 34.9 Å². The third-order valence-electron chi connectivity index (χ3n) is 5.87. The number of anilines is 1. The smallest absolute Gasteiger partial charge is 0.239 e. The largest absolute Gasteiger partial charge is 0.494 e. The predicted octanol–water partition coefficient (Wildman–Crippen LogP) is 5.09. The van der Waals surface area contributed by atoms with Crippen LogP contribution >= 0.6 is 23.5 Å².